The van der Waals surface area contributed by atoms with Crippen molar-refractivity contribution in [3.63, 3.8) is 0 Å². The van der Waals surface area contributed by atoms with Crippen molar-refractivity contribution in [1.82, 2.24) is 19.6 Å². The van der Waals surface area contributed by atoms with Crippen LogP contribution in [0.15, 0.2) is 42.0 Å². The summed E-state index contributed by atoms with van der Waals surface area (Å²) in [5.41, 5.74) is 7.71. The van der Waals surface area contributed by atoms with Crippen LogP contribution in [0.3, 0.4) is 0 Å². The van der Waals surface area contributed by atoms with Crippen LogP contribution in [-0.2, 0) is 9.53 Å². The van der Waals surface area contributed by atoms with Crippen LogP contribution >= 0.6 is 0 Å². The van der Waals surface area contributed by atoms with Gasteiger partial charge in [-0.2, -0.15) is 4.98 Å². The first kappa shape index (κ1) is 20.6. The van der Waals surface area contributed by atoms with E-state index in [9.17, 15) is 9.18 Å². The molecule has 0 fully saturated rings. The van der Waals surface area contributed by atoms with Gasteiger partial charge in [-0.3, -0.25) is 4.79 Å². The lowest BCUT2D eigenvalue weighted by molar-refractivity contribution is -0.118. The Kier molecular flexibility index (Phi) is 5.22. The summed E-state index contributed by atoms with van der Waals surface area (Å²) in [6, 6.07) is 4.58. The Morgan fingerprint density at radius 2 is 2.06 bits per heavy atom. The maximum atomic E-state index is 14.7. The Bertz CT molecular complexity index is 1190. The molecule has 162 valence electrons. The summed E-state index contributed by atoms with van der Waals surface area (Å²) in [6.45, 7) is 9.30. The Hall–Kier alpha value is -3.69. The van der Waals surface area contributed by atoms with Crippen molar-refractivity contribution in [2.24, 2.45) is 5.73 Å². The van der Waals surface area contributed by atoms with Crippen molar-refractivity contribution in [3.05, 3.63) is 47.9 Å². The number of carbonyl (C=O) groups is 1. The van der Waals surface area contributed by atoms with Gasteiger partial charge in [0.1, 0.15) is 5.82 Å². The summed E-state index contributed by atoms with van der Waals surface area (Å²) in [4.78, 5) is 24.3. The second-order valence-corrected chi connectivity index (χ2v) is 7.19. The molecular weight excluding hydrogens is 401 g/mol. The first-order valence-electron chi connectivity index (χ1n) is 10.1. The lowest BCUT2D eigenvalue weighted by atomic mass is 10.1. The number of anilines is 2. The van der Waals surface area contributed by atoms with Crippen molar-refractivity contribution in [3.8, 4) is 11.4 Å². The van der Waals surface area contributed by atoms with Crippen LogP contribution in [0.1, 0.15) is 27.7 Å². The molecule has 3 aromatic rings. The minimum atomic E-state index is -0.647. The Morgan fingerprint density at radius 3 is 2.71 bits per heavy atom. The molecule has 3 heterocycles. The molecule has 1 aliphatic heterocycles. The predicted molar refractivity (Wildman–Crippen MR) is 115 cm³/mol. The molecule has 1 unspecified atom stereocenters. The van der Waals surface area contributed by atoms with Crippen molar-refractivity contribution < 1.29 is 13.9 Å². The van der Waals surface area contributed by atoms with Gasteiger partial charge in [0, 0.05) is 18.8 Å². The van der Waals surface area contributed by atoms with Gasteiger partial charge in [0.05, 0.1) is 29.3 Å². The van der Waals surface area contributed by atoms with Crippen molar-refractivity contribution >= 4 is 23.1 Å². The Morgan fingerprint density at radius 1 is 1.32 bits per heavy atom. The van der Waals surface area contributed by atoms with Crippen molar-refractivity contribution in [1.29, 1.82) is 0 Å². The highest BCUT2D eigenvalue weighted by molar-refractivity contribution is 5.92. The molecule has 1 aromatic carbocycles. The molecule has 9 nitrogen and oxygen atoms in total. The van der Waals surface area contributed by atoms with Crippen LogP contribution in [0, 0.1) is 5.82 Å². The second kappa shape index (κ2) is 7.86. The van der Waals surface area contributed by atoms with Gasteiger partial charge >= 0.3 is 0 Å². The lowest BCUT2D eigenvalue weighted by Gasteiger charge is -2.24. The van der Waals surface area contributed by atoms with Crippen LogP contribution in [0.5, 0.6) is 0 Å². The van der Waals surface area contributed by atoms with E-state index in [1.165, 1.54) is 6.07 Å². The summed E-state index contributed by atoms with van der Waals surface area (Å²) in [5.74, 6) is -0.425. The molecule has 0 spiro atoms. The molecule has 0 saturated heterocycles. The second-order valence-electron chi connectivity index (χ2n) is 7.19. The maximum Gasteiger partial charge on any atom is 0.285 e. The first-order chi connectivity index (χ1) is 14.8. The average molecular weight is 425 g/mol. The van der Waals surface area contributed by atoms with E-state index in [1.54, 1.807) is 41.6 Å². The van der Waals surface area contributed by atoms with Crippen LogP contribution in [0.25, 0.3) is 17.2 Å². The molecule has 2 aromatic heterocycles. The number of halogens is 1. The van der Waals surface area contributed by atoms with Gasteiger partial charge in [-0.15, -0.1) is 5.10 Å². The molecule has 31 heavy (non-hydrogen) atoms. The number of nitrogens with zero attached hydrogens (tertiary/aromatic N) is 6. The minimum absolute atomic E-state index is 0.0948. The van der Waals surface area contributed by atoms with Crippen LogP contribution < -0.4 is 15.5 Å². The van der Waals surface area contributed by atoms with E-state index in [1.807, 2.05) is 6.20 Å². The zero-order valence-electron chi connectivity index (χ0n) is 17.8. The molecular formula is C21H24FN7O2. The first-order valence-corrected chi connectivity index (χ1v) is 10.1. The quantitative estimate of drug-likeness (QED) is 0.648. The van der Waals surface area contributed by atoms with E-state index in [0.29, 0.717) is 17.2 Å². The molecule has 10 heteroatoms. The summed E-state index contributed by atoms with van der Waals surface area (Å²) in [5, 5.41) is 4.44. The molecule has 0 saturated carbocycles. The van der Waals surface area contributed by atoms with E-state index in [-0.39, 0.29) is 17.1 Å². The van der Waals surface area contributed by atoms with E-state index < -0.39 is 18.0 Å². The predicted octanol–water partition coefficient (Wildman–Crippen LogP) is 2.68. The third kappa shape index (κ3) is 3.54. The standard InChI is InChI=1S/C21H24FN7O2/c1-5-27(6-2)15-10-24-21-25-20(26-28(21)11-15)16-9-14(7-8-17(16)22)29-12(3)18(19(23)30)31-13(29)4/h7-11,13H,5-6H2,1-4H3,(H2,23,30). The molecule has 0 aliphatic carbocycles. The van der Waals surface area contributed by atoms with E-state index in [2.05, 4.69) is 33.8 Å². The topological polar surface area (TPSA) is 102 Å². The zero-order chi connectivity index (χ0) is 22.3. The SMILES string of the molecule is CCN(CC)c1cnc2nc(-c3cc(N4C(C)=C(C(N)=O)OC4C)ccc3F)nn2c1. The Balaban J connectivity index is 1.75. The molecule has 1 amide bonds. The summed E-state index contributed by atoms with van der Waals surface area (Å²) in [6.07, 6.45) is 3.10. The average Bonchev–Trinajstić information content (AvgIpc) is 3.29. The molecule has 2 N–H and O–H groups in total. The normalized spacial score (nSPS) is 16.2. The Labute approximate surface area is 178 Å². The van der Waals surface area contributed by atoms with Crippen LogP contribution in [0.2, 0.25) is 0 Å². The van der Waals surface area contributed by atoms with Crippen LogP contribution in [-0.4, -0.2) is 44.8 Å². The highest BCUT2D eigenvalue weighted by Crippen LogP contribution is 2.34. The molecule has 1 atom stereocenters. The number of nitrogens with two attached hydrogens (primary N) is 1. The monoisotopic (exact) mass is 425 g/mol. The fourth-order valence-electron chi connectivity index (χ4n) is 3.80. The fraction of sp³-hybridized carbons (Fsp3) is 0.333. The molecule has 0 radical (unpaired) electrons. The maximum absolute atomic E-state index is 14.7. The number of hydrogen-bond donors (Lipinski definition) is 1. The number of benzene rings is 1. The third-order valence-corrected chi connectivity index (χ3v) is 5.34. The number of carbonyl (C=O) groups excluding carboxylic acids is 1. The zero-order valence-corrected chi connectivity index (χ0v) is 17.8. The third-order valence-electron chi connectivity index (χ3n) is 5.34. The highest BCUT2D eigenvalue weighted by atomic mass is 19.1. The molecule has 4 rings (SSSR count). The molecule has 1 aliphatic rings. The number of rotatable bonds is 6. The van der Waals surface area contributed by atoms with Crippen molar-refractivity contribution in [2.75, 3.05) is 22.9 Å². The highest BCUT2D eigenvalue weighted by Gasteiger charge is 2.32. The van der Waals surface area contributed by atoms with Crippen molar-refractivity contribution in [2.45, 2.75) is 33.9 Å². The smallest absolute Gasteiger partial charge is 0.285 e. The van der Waals surface area contributed by atoms with Gasteiger partial charge in [0.25, 0.3) is 11.7 Å². The summed E-state index contributed by atoms with van der Waals surface area (Å²) in [7, 11) is 0. The van der Waals surface area contributed by atoms with Gasteiger partial charge in [-0.25, -0.2) is 13.9 Å². The summed E-state index contributed by atoms with van der Waals surface area (Å²) < 4.78 is 21.9. The van der Waals surface area contributed by atoms with Gasteiger partial charge in [-0.05, 0) is 45.9 Å². The fourth-order valence-corrected chi connectivity index (χ4v) is 3.80. The van der Waals surface area contributed by atoms with E-state index >= 15 is 0 Å². The number of fused-ring (bicyclic) bond motifs is 1. The van der Waals surface area contributed by atoms with Gasteiger partial charge in [0.15, 0.2) is 12.1 Å². The molecule has 0 bridgehead atoms. The van der Waals surface area contributed by atoms with Gasteiger partial charge in [-0.1, -0.05) is 0 Å². The largest absolute Gasteiger partial charge is 0.463 e. The van der Waals surface area contributed by atoms with Gasteiger partial charge in [0.2, 0.25) is 5.76 Å². The van der Waals surface area contributed by atoms with Crippen LogP contribution in [0.4, 0.5) is 15.8 Å². The summed E-state index contributed by atoms with van der Waals surface area (Å²) >= 11 is 0. The number of allylic oxidation sites excluding steroid dienone is 1. The van der Waals surface area contributed by atoms with Gasteiger partial charge < -0.3 is 20.3 Å². The minimum Gasteiger partial charge on any atom is -0.463 e. The number of amides is 1. The number of ether oxygens (including phenoxy) is 1. The number of aromatic nitrogens is 4. The number of hydrogen-bond acceptors (Lipinski definition) is 7. The van der Waals surface area contributed by atoms with E-state index in [4.69, 9.17) is 10.5 Å². The lowest BCUT2D eigenvalue weighted by Crippen LogP contribution is -2.27. The number of primary amides is 1. The van der Waals surface area contributed by atoms with E-state index in [0.717, 1.165) is 18.8 Å².